The van der Waals surface area contributed by atoms with E-state index in [1.54, 1.807) is 19.2 Å². The molecule has 0 spiro atoms. The summed E-state index contributed by atoms with van der Waals surface area (Å²) in [6.07, 6.45) is 4.90. The Bertz CT molecular complexity index is 387. The van der Waals surface area contributed by atoms with Crippen LogP contribution in [-0.4, -0.2) is 22.7 Å². The molecular formula is C11H16N4O. The van der Waals surface area contributed by atoms with Crippen molar-refractivity contribution in [1.82, 2.24) is 9.97 Å². The van der Waals surface area contributed by atoms with E-state index < -0.39 is 0 Å². The highest BCUT2D eigenvalue weighted by Crippen LogP contribution is 2.08. The second-order valence-electron chi connectivity index (χ2n) is 3.07. The van der Waals surface area contributed by atoms with Gasteiger partial charge in [-0.05, 0) is 20.8 Å². The third-order valence-corrected chi connectivity index (χ3v) is 1.70. The Labute approximate surface area is 95.2 Å². The van der Waals surface area contributed by atoms with E-state index in [9.17, 15) is 0 Å². The lowest BCUT2D eigenvalue weighted by molar-refractivity contribution is 0.234. The minimum atomic E-state index is 0.680. The number of rotatable bonds is 5. The zero-order chi connectivity index (χ0) is 11.8. The molecule has 0 saturated carbocycles. The van der Waals surface area contributed by atoms with Gasteiger partial charge in [0.05, 0.1) is 5.69 Å². The van der Waals surface area contributed by atoms with E-state index in [-0.39, 0.29) is 0 Å². The summed E-state index contributed by atoms with van der Waals surface area (Å²) in [7, 11) is 0. The van der Waals surface area contributed by atoms with Gasteiger partial charge in [0.15, 0.2) is 0 Å². The molecule has 0 aliphatic rings. The topological polar surface area (TPSA) is 59.4 Å². The molecule has 0 fully saturated rings. The van der Waals surface area contributed by atoms with Crippen LogP contribution in [0.25, 0.3) is 6.08 Å². The van der Waals surface area contributed by atoms with Gasteiger partial charge < -0.3 is 10.2 Å². The van der Waals surface area contributed by atoms with Gasteiger partial charge in [-0.3, -0.25) is 0 Å². The van der Waals surface area contributed by atoms with Gasteiger partial charge in [0, 0.05) is 24.9 Å². The Balaban J connectivity index is 2.75. The summed E-state index contributed by atoms with van der Waals surface area (Å²) in [5.41, 5.74) is 0.787. The Kier molecular flexibility index (Phi) is 4.98. The summed E-state index contributed by atoms with van der Waals surface area (Å²) in [5.74, 6) is 1.48. The number of aromatic nitrogens is 2. The SMILES string of the molecule is C/C=N/O/C(C)=C/c1cc(NCC)ncn1. The van der Waals surface area contributed by atoms with Gasteiger partial charge in [-0.15, -0.1) is 0 Å². The smallest absolute Gasteiger partial charge is 0.134 e. The Hall–Kier alpha value is -1.91. The van der Waals surface area contributed by atoms with E-state index >= 15 is 0 Å². The minimum Gasteiger partial charge on any atom is -0.370 e. The molecule has 86 valence electrons. The molecule has 0 aliphatic heterocycles. The lowest BCUT2D eigenvalue weighted by Crippen LogP contribution is -1.99. The highest BCUT2D eigenvalue weighted by Gasteiger charge is 1.96. The molecule has 0 atom stereocenters. The van der Waals surface area contributed by atoms with Crippen molar-refractivity contribution < 1.29 is 4.84 Å². The summed E-state index contributed by atoms with van der Waals surface area (Å²) in [6.45, 7) is 6.46. The van der Waals surface area contributed by atoms with Crippen LogP contribution in [0.4, 0.5) is 5.82 Å². The highest BCUT2D eigenvalue weighted by atomic mass is 16.6. The number of anilines is 1. The molecule has 0 aromatic carbocycles. The minimum absolute atomic E-state index is 0.680. The number of nitrogens with one attached hydrogen (secondary N) is 1. The fourth-order valence-corrected chi connectivity index (χ4v) is 1.10. The van der Waals surface area contributed by atoms with Gasteiger partial charge in [-0.2, -0.15) is 0 Å². The molecule has 0 radical (unpaired) electrons. The van der Waals surface area contributed by atoms with Crippen LogP contribution in [0.3, 0.4) is 0 Å². The molecule has 0 saturated heterocycles. The molecule has 1 aromatic rings. The monoisotopic (exact) mass is 220 g/mol. The van der Waals surface area contributed by atoms with E-state index in [0.717, 1.165) is 18.1 Å². The van der Waals surface area contributed by atoms with Gasteiger partial charge in [0.25, 0.3) is 0 Å². The molecule has 5 nitrogen and oxygen atoms in total. The van der Waals surface area contributed by atoms with Crippen molar-refractivity contribution in [2.75, 3.05) is 11.9 Å². The van der Waals surface area contributed by atoms with Crippen LogP contribution < -0.4 is 5.32 Å². The van der Waals surface area contributed by atoms with Crippen molar-refractivity contribution in [3.8, 4) is 0 Å². The van der Waals surface area contributed by atoms with Gasteiger partial charge in [0.1, 0.15) is 17.9 Å². The first-order chi connectivity index (χ1) is 7.76. The van der Waals surface area contributed by atoms with Crippen LogP contribution >= 0.6 is 0 Å². The zero-order valence-corrected chi connectivity index (χ0v) is 9.77. The van der Waals surface area contributed by atoms with Crippen LogP contribution in [0.5, 0.6) is 0 Å². The third kappa shape index (κ3) is 4.08. The second-order valence-corrected chi connectivity index (χ2v) is 3.07. The highest BCUT2D eigenvalue weighted by molar-refractivity contribution is 5.53. The fourth-order valence-electron chi connectivity index (χ4n) is 1.10. The predicted octanol–water partition coefficient (Wildman–Crippen LogP) is 2.29. The summed E-state index contributed by atoms with van der Waals surface area (Å²) in [4.78, 5) is 13.2. The molecule has 1 N–H and O–H groups in total. The maximum absolute atomic E-state index is 5.04. The first kappa shape index (κ1) is 12.2. The summed E-state index contributed by atoms with van der Waals surface area (Å²) < 4.78 is 0. The lowest BCUT2D eigenvalue weighted by atomic mass is 10.3. The first-order valence-corrected chi connectivity index (χ1v) is 5.15. The molecule has 0 unspecified atom stereocenters. The van der Waals surface area contributed by atoms with Crippen LogP contribution in [0, 0.1) is 0 Å². The summed E-state index contributed by atoms with van der Waals surface area (Å²) >= 11 is 0. The number of oxime groups is 1. The molecule has 0 bridgehead atoms. The zero-order valence-electron chi connectivity index (χ0n) is 9.77. The van der Waals surface area contributed by atoms with Crippen LogP contribution in [-0.2, 0) is 4.84 Å². The Morgan fingerprint density at radius 3 is 3.06 bits per heavy atom. The molecule has 16 heavy (non-hydrogen) atoms. The van der Waals surface area contributed by atoms with Crippen LogP contribution in [0.15, 0.2) is 23.3 Å². The maximum atomic E-state index is 5.04. The van der Waals surface area contributed by atoms with Gasteiger partial charge in [0.2, 0.25) is 0 Å². The predicted molar refractivity (Wildman–Crippen MR) is 65.1 cm³/mol. The first-order valence-electron chi connectivity index (χ1n) is 5.15. The molecule has 1 rings (SSSR count). The van der Waals surface area contributed by atoms with Gasteiger partial charge >= 0.3 is 0 Å². The largest absolute Gasteiger partial charge is 0.370 e. The van der Waals surface area contributed by atoms with Crippen molar-refractivity contribution >= 4 is 18.1 Å². The number of nitrogens with zero attached hydrogens (tertiary/aromatic N) is 3. The molecule has 0 aliphatic carbocycles. The average molecular weight is 220 g/mol. The molecule has 1 heterocycles. The quantitative estimate of drug-likeness (QED) is 0.470. The van der Waals surface area contributed by atoms with E-state index in [1.807, 2.05) is 19.9 Å². The molecule has 1 aromatic heterocycles. The lowest BCUT2D eigenvalue weighted by Gasteiger charge is -2.02. The average Bonchev–Trinajstić information content (AvgIpc) is 2.27. The summed E-state index contributed by atoms with van der Waals surface area (Å²) in [6, 6.07) is 1.85. The van der Waals surface area contributed by atoms with Crippen molar-refractivity contribution in [3.63, 3.8) is 0 Å². The van der Waals surface area contributed by atoms with E-state index in [0.29, 0.717) is 5.76 Å². The van der Waals surface area contributed by atoms with Gasteiger partial charge in [-0.1, -0.05) is 5.16 Å². The summed E-state index contributed by atoms with van der Waals surface area (Å²) in [5, 5.41) is 6.79. The van der Waals surface area contributed by atoms with Crippen molar-refractivity contribution in [2.45, 2.75) is 20.8 Å². The number of allylic oxidation sites excluding steroid dienone is 1. The number of hydrogen-bond donors (Lipinski definition) is 1. The molecular weight excluding hydrogens is 204 g/mol. The van der Waals surface area contributed by atoms with Gasteiger partial charge in [-0.25, -0.2) is 9.97 Å². The maximum Gasteiger partial charge on any atom is 0.134 e. The van der Waals surface area contributed by atoms with Crippen LogP contribution in [0.2, 0.25) is 0 Å². The van der Waals surface area contributed by atoms with Crippen molar-refractivity contribution in [3.05, 3.63) is 23.8 Å². The molecule has 5 heteroatoms. The second kappa shape index (κ2) is 6.55. The third-order valence-electron chi connectivity index (χ3n) is 1.70. The van der Waals surface area contributed by atoms with E-state index in [2.05, 4.69) is 20.4 Å². The standard InChI is InChI=1S/C11H16N4O/c1-4-12-11-7-10(13-8-14-11)6-9(3)16-15-5-2/h5-8H,4H2,1-3H3,(H,12,13,14)/b9-6+,15-5+. The normalized spacial score (nSPS) is 11.8. The Morgan fingerprint density at radius 2 is 2.38 bits per heavy atom. The van der Waals surface area contributed by atoms with Crippen LogP contribution in [0.1, 0.15) is 26.5 Å². The van der Waals surface area contributed by atoms with E-state index in [4.69, 9.17) is 4.84 Å². The molecule has 0 amide bonds. The fraction of sp³-hybridized carbons (Fsp3) is 0.364. The Morgan fingerprint density at radius 1 is 1.56 bits per heavy atom. The van der Waals surface area contributed by atoms with E-state index in [1.165, 1.54) is 6.33 Å². The van der Waals surface area contributed by atoms with Crippen molar-refractivity contribution in [2.24, 2.45) is 5.16 Å². The van der Waals surface area contributed by atoms with Crippen molar-refractivity contribution in [1.29, 1.82) is 0 Å². The number of hydrogen-bond acceptors (Lipinski definition) is 5.